The summed E-state index contributed by atoms with van der Waals surface area (Å²) in [5.74, 6) is -0.157. The van der Waals surface area contributed by atoms with E-state index in [0.29, 0.717) is 17.9 Å². The number of nitrogen functional groups attached to an aromatic ring is 1. The van der Waals surface area contributed by atoms with Crippen molar-refractivity contribution in [3.63, 3.8) is 0 Å². The van der Waals surface area contributed by atoms with Gasteiger partial charge in [0.1, 0.15) is 5.69 Å². The Bertz CT molecular complexity index is 560. The number of aryl methyl sites for hydroxylation is 1. The van der Waals surface area contributed by atoms with Crippen LogP contribution in [-0.4, -0.2) is 10.5 Å². The molecule has 0 saturated heterocycles. The standard InChI is InChI=1S/C13H14BrN3O/c1-2-17-8-10(15)7-12(17)13(18)16-11-5-3-9(14)4-6-11/h3-8H,2,15H2,1H3,(H,16,18). The third-order valence-electron chi connectivity index (χ3n) is 2.59. The van der Waals surface area contributed by atoms with Gasteiger partial charge in [-0.05, 0) is 37.3 Å². The minimum atomic E-state index is -0.157. The van der Waals surface area contributed by atoms with Gasteiger partial charge in [0.05, 0.1) is 5.69 Å². The molecule has 1 heterocycles. The number of benzene rings is 1. The van der Waals surface area contributed by atoms with Crippen molar-refractivity contribution in [2.45, 2.75) is 13.5 Å². The van der Waals surface area contributed by atoms with Gasteiger partial charge in [0, 0.05) is 22.9 Å². The fourth-order valence-electron chi connectivity index (χ4n) is 1.71. The first-order chi connectivity index (χ1) is 8.60. The maximum absolute atomic E-state index is 12.1. The molecule has 0 aliphatic heterocycles. The normalized spacial score (nSPS) is 10.3. The van der Waals surface area contributed by atoms with Crippen LogP contribution in [0.25, 0.3) is 0 Å². The molecule has 0 aliphatic carbocycles. The van der Waals surface area contributed by atoms with Crippen molar-refractivity contribution in [2.75, 3.05) is 11.1 Å². The summed E-state index contributed by atoms with van der Waals surface area (Å²) in [5.41, 5.74) is 7.62. The van der Waals surface area contributed by atoms with E-state index in [-0.39, 0.29) is 5.91 Å². The number of rotatable bonds is 3. The second-order valence-electron chi connectivity index (χ2n) is 3.91. The number of hydrogen-bond acceptors (Lipinski definition) is 2. The lowest BCUT2D eigenvalue weighted by Crippen LogP contribution is -2.16. The van der Waals surface area contributed by atoms with E-state index in [0.717, 1.165) is 10.2 Å². The van der Waals surface area contributed by atoms with Gasteiger partial charge in [-0.2, -0.15) is 0 Å². The maximum Gasteiger partial charge on any atom is 0.272 e. The van der Waals surface area contributed by atoms with E-state index in [1.54, 1.807) is 12.3 Å². The Morgan fingerprint density at radius 1 is 1.39 bits per heavy atom. The molecule has 0 aliphatic rings. The quantitative estimate of drug-likeness (QED) is 0.915. The predicted octanol–water partition coefficient (Wildman–Crippen LogP) is 3.11. The Morgan fingerprint density at radius 3 is 2.67 bits per heavy atom. The lowest BCUT2D eigenvalue weighted by molar-refractivity contribution is 0.101. The molecule has 94 valence electrons. The number of amides is 1. The van der Waals surface area contributed by atoms with Crippen molar-refractivity contribution in [2.24, 2.45) is 0 Å². The molecule has 2 aromatic rings. The van der Waals surface area contributed by atoms with Crippen LogP contribution in [0.5, 0.6) is 0 Å². The summed E-state index contributed by atoms with van der Waals surface area (Å²) >= 11 is 3.35. The fraction of sp³-hybridized carbons (Fsp3) is 0.154. The number of halogens is 1. The summed E-state index contributed by atoms with van der Waals surface area (Å²) in [6.45, 7) is 2.68. The number of nitrogens with zero attached hydrogens (tertiary/aromatic N) is 1. The van der Waals surface area contributed by atoms with Crippen molar-refractivity contribution >= 4 is 33.2 Å². The van der Waals surface area contributed by atoms with Crippen LogP contribution in [-0.2, 0) is 6.54 Å². The van der Waals surface area contributed by atoms with E-state index in [1.807, 2.05) is 35.8 Å². The summed E-state index contributed by atoms with van der Waals surface area (Å²) in [5, 5.41) is 2.84. The average molecular weight is 308 g/mol. The van der Waals surface area contributed by atoms with Gasteiger partial charge in [-0.3, -0.25) is 4.79 Å². The molecule has 4 nitrogen and oxygen atoms in total. The number of nitrogens with two attached hydrogens (primary N) is 1. The summed E-state index contributed by atoms with van der Waals surface area (Å²) in [6, 6.07) is 9.11. The summed E-state index contributed by atoms with van der Waals surface area (Å²) < 4.78 is 2.80. The van der Waals surface area contributed by atoms with Gasteiger partial charge in [-0.1, -0.05) is 15.9 Å². The second kappa shape index (κ2) is 5.27. The predicted molar refractivity (Wildman–Crippen MR) is 76.6 cm³/mol. The van der Waals surface area contributed by atoms with Crippen LogP contribution >= 0.6 is 15.9 Å². The van der Waals surface area contributed by atoms with Crippen LogP contribution in [0, 0.1) is 0 Å². The largest absolute Gasteiger partial charge is 0.397 e. The molecular weight excluding hydrogens is 294 g/mol. The first kappa shape index (κ1) is 12.7. The number of nitrogens with one attached hydrogen (secondary N) is 1. The van der Waals surface area contributed by atoms with E-state index >= 15 is 0 Å². The van der Waals surface area contributed by atoms with E-state index in [4.69, 9.17) is 5.73 Å². The van der Waals surface area contributed by atoms with Crippen molar-refractivity contribution in [1.82, 2.24) is 4.57 Å². The first-order valence-corrected chi connectivity index (χ1v) is 6.42. The molecule has 3 N–H and O–H groups in total. The molecule has 5 heteroatoms. The summed E-state index contributed by atoms with van der Waals surface area (Å²) in [4.78, 5) is 12.1. The Labute approximate surface area is 114 Å². The number of carbonyl (C=O) groups excluding carboxylic acids is 1. The van der Waals surface area contributed by atoms with E-state index in [2.05, 4.69) is 21.2 Å². The van der Waals surface area contributed by atoms with Crippen molar-refractivity contribution in [3.05, 3.63) is 46.7 Å². The molecule has 2 rings (SSSR count). The van der Waals surface area contributed by atoms with Crippen molar-refractivity contribution < 1.29 is 4.79 Å². The molecule has 0 bridgehead atoms. The molecule has 0 spiro atoms. The van der Waals surface area contributed by atoms with Crippen molar-refractivity contribution in [1.29, 1.82) is 0 Å². The zero-order valence-electron chi connectivity index (χ0n) is 9.98. The Balaban J connectivity index is 2.19. The zero-order valence-corrected chi connectivity index (χ0v) is 11.6. The highest BCUT2D eigenvalue weighted by molar-refractivity contribution is 9.10. The molecule has 1 aromatic heterocycles. The minimum absolute atomic E-state index is 0.157. The fourth-order valence-corrected chi connectivity index (χ4v) is 1.98. The smallest absolute Gasteiger partial charge is 0.272 e. The van der Waals surface area contributed by atoms with Crippen molar-refractivity contribution in [3.8, 4) is 0 Å². The lowest BCUT2D eigenvalue weighted by atomic mass is 10.3. The van der Waals surface area contributed by atoms with Crippen LogP contribution in [0.15, 0.2) is 41.0 Å². The summed E-state index contributed by atoms with van der Waals surface area (Å²) in [6.07, 6.45) is 1.76. The van der Waals surface area contributed by atoms with Gasteiger partial charge in [0.15, 0.2) is 0 Å². The highest BCUT2D eigenvalue weighted by Gasteiger charge is 2.12. The van der Waals surface area contributed by atoms with E-state index in [1.165, 1.54) is 0 Å². The molecular formula is C13H14BrN3O. The van der Waals surface area contributed by atoms with Gasteiger partial charge in [0.2, 0.25) is 0 Å². The van der Waals surface area contributed by atoms with Gasteiger partial charge >= 0.3 is 0 Å². The van der Waals surface area contributed by atoms with E-state index < -0.39 is 0 Å². The lowest BCUT2D eigenvalue weighted by Gasteiger charge is -2.07. The van der Waals surface area contributed by atoms with Gasteiger partial charge < -0.3 is 15.6 Å². The number of carbonyl (C=O) groups is 1. The maximum atomic E-state index is 12.1. The highest BCUT2D eigenvalue weighted by atomic mass is 79.9. The molecule has 0 unspecified atom stereocenters. The van der Waals surface area contributed by atoms with Gasteiger partial charge in [-0.15, -0.1) is 0 Å². The molecule has 1 amide bonds. The number of aromatic nitrogens is 1. The second-order valence-corrected chi connectivity index (χ2v) is 4.82. The third kappa shape index (κ3) is 2.73. The van der Waals surface area contributed by atoms with Crippen LogP contribution in [0.3, 0.4) is 0 Å². The summed E-state index contributed by atoms with van der Waals surface area (Å²) in [7, 11) is 0. The Morgan fingerprint density at radius 2 is 2.06 bits per heavy atom. The van der Waals surface area contributed by atoms with Crippen LogP contribution in [0.4, 0.5) is 11.4 Å². The number of anilines is 2. The van der Waals surface area contributed by atoms with Crippen LogP contribution < -0.4 is 11.1 Å². The molecule has 0 radical (unpaired) electrons. The topological polar surface area (TPSA) is 60.0 Å². The monoisotopic (exact) mass is 307 g/mol. The zero-order chi connectivity index (χ0) is 13.1. The Kier molecular flexibility index (Phi) is 3.72. The molecule has 1 aromatic carbocycles. The first-order valence-electron chi connectivity index (χ1n) is 5.62. The SMILES string of the molecule is CCn1cc(N)cc1C(=O)Nc1ccc(Br)cc1. The van der Waals surface area contributed by atoms with Gasteiger partial charge in [-0.25, -0.2) is 0 Å². The van der Waals surface area contributed by atoms with Gasteiger partial charge in [0.25, 0.3) is 5.91 Å². The van der Waals surface area contributed by atoms with Crippen LogP contribution in [0.1, 0.15) is 17.4 Å². The minimum Gasteiger partial charge on any atom is -0.397 e. The molecule has 0 fully saturated rings. The number of hydrogen-bond donors (Lipinski definition) is 2. The Hall–Kier alpha value is -1.75. The third-order valence-corrected chi connectivity index (χ3v) is 3.12. The molecule has 18 heavy (non-hydrogen) atoms. The van der Waals surface area contributed by atoms with Crippen LogP contribution in [0.2, 0.25) is 0 Å². The highest BCUT2D eigenvalue weighted by Crippen LogP contribution is 2.16. The molecule has 0 saturated carbocycles. The average Bonchev–Trinajstić information content (AvgIpc) is 2.73. The van der Waals surface area contributed by atoms with E-state index in [9.17, 15) is 4.79 Å². The molecule has 0 atom stereocenters.